The van der Waals surface area contributed by atoms with E-state index in [0.29, 0.717) is 25.0 Å². The van der Waals surface area contributed by atoms with Gasteiger partial charge in [-0.2, -0.15) is 11.8 Å². The van der Waals surface area contributed by atoms with Crippen LogP contribution in [0.3, 0.4) is 0 Å². The minimum absolute atomic E-state index is 0.0521. The number of carboxylic acids is 1. The highest BCUT2D eigenvalue weighted by Crippen LogP contribution is 2.40. The number of Topliss-reactive ketones (excluding diaryl/α,β-unsaturated/α-hetero) is 1. The van der Waals surface area contributed by atoms with Crippen molar-refractivity contribution in [3.63, 3.8) is 0 Å². The molecule has 0 aromatic carbocycles. The summed E-state index contributed by atoms with van der Waals surface area (Å²) in [6.45, 7) is 2.32. The van der Waals surface area contributed by atoms with E-state index in [2.05, 4.69) is 19.1 Å². The summed E-state index contributed by atoms with van der Waals surface area (Å²) in [5.74, 6) is -0.152. The van der Waals surface area contributed by atoms with Crippen molar-refractivity contribution in [3.8, 4) is 0 Å². The van der Waals surface area contributed by atoms with Gasteiger partial charge in [0, 0.05) is 23.3 Å². The van der Waals surface area contributed by atoms with Crippen molar-refractivity contribution in [2.45, 2.75) is 76.1 Å². The number of hydrogen-bond donors (Lipinski definition) is 3. The van der Waals surface area contributed by atoms with Crippen LogP contribution < -0.4 is 0 Å². The number of carboxylic acid groups (broad SMARTS) is 1. The number of unbranched alkanes of at least 4 members (excludes halogenated alkanes) is 4. The highest BCUT2D eigenvalue weighted by Gasteiger charge is 2.40. The van der Waals surface area contributed by atoms with Crippen LogP contribution in [0, 0.1) is 11.8 Å². The smallest absolute Gasteiger partial charge is 0.332 e. The minimum Gasteiger partial charge on any atom is -0.479 e. The van der Waals surface area contributed by atoms with Gasteiger partial charge in [-0.15, -0.1) is 0 Å². The monoisotopic (exact) mass is 412 g/mol. The van der Waals surface area contributed by atoms with Crippen molar-refractivity contribution in [2.24, 2.45) is 11.8 Å². The van der Waals surface area contributed by atoms with Crippen LogP contribution in [-0.2, 0) is 9.59 Å². The van der Waals surface area contributed by atoms with Crippen LogP contribution in [0.15, 0.2) is 24.3 Å². The second-order valence-corrected chi connectivity index (χ2v) is 8.75. The van der Waals surface area contributed by atoms with Gasteiger partial charge in [-0.3, -0.25) is 4.79 Å². The third-order valence-corrected chi connectivity index (χ3v) is 6.49. The van der Waals surface area contributed by atoms with Crippen LogP contribution in [0.1, 0.15) is 64.7 Å². The summed E-state index contributed by atoms with van der Waals surface area (Å²) in [4.78, 5) is 23.1. The predicted molar refractivity (Wildman–Crippen MR) is 114 cm³/mol. The molecule has 3 N–H and O–H groups in total. The summed E-state index contributed by atoms with van der Waals surface area (Å²) in [6.07, 6.45) is 14.7. The molecule has 0 heterocycles. The Labute approximate surface area is 173 Å². The normalized spacial score (nSPS) is 23.8. The van der Waals surface area contributed by atoms with Crippen molar-refractivity contribution < 1.29 is 24.9 Å². The fourth-order valence-corrected chi connectivity index (χ4v) is 4.75. The molecule has 0 aliphatic heterocycles. The minimum atomic E-state index is -1.33. The average Bonchev–Trinajstić information content (AvgIpc) is 2.97. The van der Waals surface area contributed by atoms with Gasteiger partial charge >= 0.3 is 5.97 Å². The molecule has 0 bridgehead atoms. The Kier molecular flexibility index (Phi) is 13.2. The van der Waals surface area contributed by atoms with E-state index in [1.165, 1.54) is 25.7 Å². The summed E-state index contributed by atoms with van der Waals surface area (Å²) >= 11 is 1.68. The molecule has 1 rings (SSSR count). The summed E-state index contributed by atoms with van der Waals surface area (Å²) in [6, 6.07) is 0. The zero-order chi connectivity index (χ0) is 20.8. The maximum Gasteiger partial charge on any atom is 0.332 e. The first-order chi connectivity index (χ1) is 13.5. The van der Waals surface area contributed by atoms with E-state index in [1.54, 1.807) is 11.8 Å². The van der Waals surface area contributed by atoms with Crippen LogP contribution in [0.4, 0.5) is 0 Å². The lowest BCUT2D eigenvalue weighted by Crippen LogP contribution is -2.18. The molecule has 1 aliphatic rings. The van der Waals surface area contributed by atoms with Gasteiger partial charge in [-0.05, 0) is 38.0 Å². The zero-order valence-electron chi connectivity index (χ0n) is 17.0. The molecule has 1 aliphatic carbocycles. The standard InChI is InChI=1S/C22H36O5S/c1-2-3-4-5-6-8-12-18-17(20(25)16-21(18)28-15-14-23)11-9-7-10-13-19(24)22(26)27/h7-9,12,17-19,21,23-24H,2-6,10-11,13-16H2,1H3,(H,26,27)/b9-7-,12-8+/t17-,18-,19?,21+/m1/s1. The van der Waals surface area contributed by atoms with Crippen LogP contribution in [-0.4, -0.2) is 50.8 Å². The molecule has 4 atom stereocenters. The number of hydrogen-bond acceptors (Lipinski definition) is 5. The van der Waals surface area contributed by atoms with Crippen LogP contribution >= 0.6 is 11.8 Å². The quantitative estimate of drug-likeness (QED) is 0.278. The van der Waals surface area contributed by atoms with Crippen molar-refractivity contribution in [1.29, 1.82) is 0 Å². The van der Waals surface area contributed by atoms with E-state index in [4.69, 9.17) is 10.2 Å². The first-order valence-electron chi connectivity index (χ1n) is 10.5. The topological polar surface area (TPSA) is 94.8 Å². The third kappa shape index (κ3) is 9.39. The highest BCUT2D eigenvalue weighted by molar-refractivity contribution is 8.00. The van der Waals surface area contributed by atoms with Gasteiger partial charge in [0.1, 0.15) is 5.78 Å². The van der Waals surface area contributed by atoms with Gasteiger partial charge in [0.2, 0.25) is 0 Å². The number of ketones is 1. The van der Waals surface area contributed by atoms with Gasteiger partial charge in [-0.1, -0.05) is 50.5 Å². The molecule has 0 aromatic heterocycles. The molecule has 5 nitrogen and oxygen atoms in total. The van der Waals surface area contributed by atoms with Gasteiger partial charge in [0.15, 0.2) is 6.10 Å². The molecule has 0 radical (unpaired) electrons. The Morgan fingerprint density at radius 3 is 2.68 bits per heavy atom. The Bertz CT molecular complexity index is 517. The molecule has 0 aromatic rings. The number of rotatable bonds is 15. The summed E-state index contributed by atoms with van der Waals surface area (Å²) in [5, 5.41) is 27.3. The molecule has 1 saturated carbocycles. The van der Waals surface area contributed by atoms with E-state index < -0.39 is 12.1 Å². The van der Waals surface area contributed by atoms with E-state index >= 15 is 0 Å². The largest absolute Gasteiger partial charge is 0.479 e. The van der Waals surface area contributed by atoms with E-state index in [1.807, 2.05) is 12.2 Å². The SMILES string of the molecule is CCCCCC/C=C/[C@H]1[C@@H](SCCO)CC(=O)[C@@H]1C/C=C\CCC(O)C(=O)O. The first kappa shape index (κ1) is 24.9. The van der Waals surface area contributed by atoms with Crippen molar-refractivity contribution in [3.05, 3.63) is 24.3 Å². The van der Waals surface area contributed by atoms with Crippen LogP contribution in [0.5, 0.6) is 0 Å². The molecule has 0 amide bonds. The fraction of sp³-hybridized carbons (Fsp3) is 0.727. The lowest BCUT2D eigenvalue weighted by Gasteiger charge is -2.19. The maximum absolute atomic E-state index is 12.5. The van der Waals surface area contributed by atoms with E-state index in [0.717, 1.165) is 6.42 Å². The zero-order valence-corrected chi connectivity index (χ0v) is 17.8. The second kappa shape index (κ2) is 14.8. The maximum atomic E-state index is 12.5. The van der Waals surface area contributed by atoms with E-state index in [9.17, 15) is 14.7 Å². The summed E-state index contributed by atoms with van der Waals surface area (Å²) < 4.78 is 0. The number of aliphatic carboxylic acids is 1. The van der Waals surface area contributed by atoms with Gasteiger partial charge in [-0.25, -0.2) is 4.79 Å². The van der Waals surface area contributed by atoms with Crippen LogP contribution in [0.2, 0.25) is 0 Å². The fourth-order valence-electron chi connectivity index (χ4n) is 3.56. The van der Waals surface area contributed by atoms with Crippen molar-refractivity contribution in [1.82, 2.24) is 0 Å². The average molecular weight is 413 g/mol. The lowest BCUT2D eigenvalue weighted by atomic mass is 9.91. The highest BCUT2D eigenvalue weighted by atomic mass is 32.2. The second-order valence-electron chi connectivity index (χ2n) is 7.40. The number of aliphatic hydroxyl groups is 2. The van der Waals surface area contributed by atoms with E-state index in [-0.39, 0.29) is 35.9 Å². The molecule has 160 valence electrons. The molecule has 28 heavy (non-hydrogen) atoms. The van der Waals surface area contributed by atoms with Gasteiger partial charge in [0.05, 0.1) is 6.61 Å². The van der Waals surface area contributed by atoms with Gasteiger partial charge < -0.3 is 15.3 Å². The Morgan fingerprint density at radius 2 is 2.00 bits per heavy atom. The van der Waals surface area contributed by atoms with Crippen LogP contribution in [0.25, 0.3) is 0 Å². The molecular formula is C22H36O5S. The molecule has 1 unspecified atom stereocenters. The number of aliphatic hydroxyl groups excluding tert-OH is 2. The Hall–Kier alpha value is -1.11. The molecule has 0 spiro atoms. The number of thioether (sulfide) groups is 1. The molecule has 1 fully saturated rings. The molecule has 0 saturated heterocycles. The lowest BCUT2D eigenvalue weighted by molar-refractivity contribution is -0.146. The number of allylic oxidation sites excluding steroid dienone is 4. The van der Waals surface area contributed by atoms with Crippen molar-refractivity contribution >= 4 is 23.5 Å². The number of carbonyl (C=O) groups excluding carboxylic acids is 1. The summed E-state index contributed by atoms with van der Waals surface area (Å²) in [7, 11) is 0. The Balaban J connectivity index is 2.58. The molecule has 6 heteroatoms. The van der Waals surface area contributed by atoms with Gasteiger partial charge in [0.25, 0.3) is 0 Å². The number of carbonyl (C=O) groups is 2. The Morgan fingerprint density at radius 1 is 1.21 bits per heavy atom. The van der Waals surface area contributed by atoms with Crippen molar-refractivity contribution in [2.75, 3.05) is 12.4 Å². The predicted octanol–water partition coefficient (Wildman–Crippen LogP) is 3.98. The molecular weight excluding hydrogens is 376 g/mol. The third-order valence-electron chi connectivity index (χ3n) is 5.16. The first-order valence-corrected chi connectivity index (χ1v) is 11.5. The summed E-state index contributed by atoms with van der Waals surface area (Å²) in [5.41, 5.74) is 0.